The van der Waals surface area contributed by atoms with Crippen LogP contribution in [0.25, 0.3) is 0 Å². The predicted octanol–water partition coefficient (Wildman–Crippen LogP) is 10.2. The Hall–Kier alpha value is -5.97. The van der Waals surface area contributed by atoms with Gasteiger partial charge in [0.15, 0.2) is 0 Å². The van der Waals surface area contributed by atoms with E-state index in [2.05, 4.69) is 204 Å². The number of amides is 1. The molecule has 1 amide bonds. The van der Waals surface area contributed by atoms with Crippen molar-refractivity contribution in [1.82, 2.24) is 19.9 Å². The second-order valence-electron chi connectivity index (χ2n) is 13.2. The number of hydrogen-bond acceptors (Lipinski definition) is 3. The molecule has 0 aliphatic rings. The van der Waals surface area contributed by atoms with Gasteiger partial charge < -0.3 is 10.3 Å². The average molecular weight is 890 g/mol. The lowest BCUT2D eigenvalue weighted by Gasteiger charge is -2.38. The third-order valence-electron chi connectivity index (χ3n) is 9.78. The van der Waals surface area contributed by atoms with Crippen LogP contribution in [0.4, 0.5) is 5.95 Å². The van der Waals surface area contributed by atoms with Crippen LogP contribution < -0.4 is 21.2 Å². The molecule has 0 bridgehead atoms. The molecule has 0 aliphatic carbocycles. The first-order valence-electron chi connectivity index (χ1n) is 18.4. The Bertz CT molecular complexity index is 2510. The number of halogens is 2. The number of carbonyl (C=O) groups excluding carboxylic acids is 1. The van der Waals surface area contributed by atoms with Crippen molar-refractivity contribution in [1.29, 1.82) is 0 Å². The van der Waals surface area contributed by atoms with Crippen LogP contribution in [-0.4, -0.2) is 27.0 Å². The maximum atomic E-state index is 13.0. The zero-order chi connectivity index (χ0) is 39.1. The molecule has 2 aromatic heterocycles. The van der Waals surface area contributed by atoms with Crippen molar-refractivity contribution < 1.29 is 4.79 Å². The monoisotopic (exact) mass is 887 g/mol. The number of H-pyrrole nitrogens is 1. The van der Waals surface area contributed by atoms with Crippen LogP contribution in [-0.2, 0) is 5.54 Å². The molecule has 278 valence electrons. The molecule has 6 nitrogen and oxygen atoms in total. The normalized spacial score (nSPS) is 11.3. The number of nitrogens with one attached hydrogen (secondary N) is 2. The molecule has 6 aromatic carbocycles. The number of nitrogens with zero attached hydrogens (tertiary/aromatic N) is 3. The highest BCUT2D eigenvalue weighted by molar-refractivity contribution is 9.13. The van der Waals surface area contributed by atoms with E-state index in [1.54, 1.807) is 6.07 Å². The number of benzene rings is 6. The summed E-state index contributed by atoms with van der Waals surface area (Å²) in [4.78, 5) is 21.3. The van der Waals surface area contributed by atoms with Crippen molar-refractivity contribution in [2.45, 2.75) is 5.54 Å². The lowest BCUT2D eigenvalue weighted by molar-refractivity contribution is 0.0954. The minimum Gasteiger partial charge on any atom is -0.344 e. The fraction of sp³-hybridized carbons (Fsp3) is 0.0417. The summed E-state index contributed by atoms with van der Waals surface area (Å²) in [6, 6.07) is 64.9. The number of imidazole rings is 1. The highest BCUT2D eigenvalue weighted by atomic mass is 79.9. The molecule has 9 heteroatoms. The van der Waals surface area contributed by atoms with Gasteiger partial charge in [-0.2, -0.15) is 0 Å². The van der Waals surface area contributed by atoms with Crippen molar-refractivity contribution in [2.75, 3.05) is 6.54 Å². The Morgan fingerprint density at radius 3 is 1.49 bits per heavy atom. The molecule has 8 rings (SSSR count). The number of aromatic nitrogens is 3. The summed E-state index contributed by atoms with van der Waals surface area (Å²) in [5.74, 6) is 6.70. The largest absolute Gasteiger partial charge is 0.344 e. The van der Waals surface area contributed by atoms with E-state index in [0.29, 0.717) is 21.9 Å². The van der Waals surface area contributed by atoms with E-state index in [-0.39, 0.29) is 12.5 Å². The van der Waals surface area contributed by atoms with Gasteiger partial charge in [0.05, 0.1) is 22.7 Å². The first-order chi connectivity index (χ1) is 28.0. The summed E-state index contributed by atoms with van der Waals surface area (Å²) < 4.78 is 9.64. The van der Waals surface area contributed by atoms with Crippen molar-refractivity contribution in [2.24, 2.45) is 4.74 Å². The lowest BCUT2D eigenvalue weighted by atomic mass is 9.76. The number of aromatic amines is 1. The van der Waals surface area contributed by atoms with Gasteiger partial charge in [-0.3, -0.25) is 9.36 Å². The quantitative estimate of drug-likeness (QED) is 0.0816. The summed E-state index contributed by atoms with van der Waals surface area (Å²) in [5, 5.41) is 6.19. The molecule has 2 N–H and O–H groups in total. The van der Waals surface area contributed by atoms with Crippen LogP contribution in [0.3, 0.4) is 0 Å². The molecule has 0 fully saturated rings. The second-order valence-corrected chi connectivity index (χ2v) is 17.8. The van der Waals surface area contributed by atoms with E-state index in [1.807, 2.05) is 42.6 Å². The van der Waals surface area contributed by atoms with Gasteiger partial charge in [-0.05, 0) is 60.5 Å². The summed E-state index contributed by atoms with van der Waals surface area (Å²) in [5.41, 5.74) is 3.13. The van der Waals surface area contributed by atoms with Gasteiger partial charge in [0.25, 0.3) is 5.91 Å². The lowest BCUT2D eigenvalue weighted by Crippen LogP contribution is -2.37. The van der Waals surface area contributed by atoms with Crippen molar-refractivity contribution in [3.05, 3.63) is 231 Å². The molecular formula is C48H36Br2N5OP. The molecule has 0 spiro atoms. The third kappa shape index (κ3) is 7.50. The standard InChI is InChI=1S/C48H36Br2N5OP/c49-43-34-44(53-45(43)50)46(56)51-33-19-26-39-35-55(48(36-20-7-1-8-21-36,37-22-9-2-10-23-37)38-24-11-3-12-25-38)47(52-39)54-57(40-27-13-4-14-28-40,41-29-15-5-16-30-41)42-31-17-6-18-32-42/h1-18,20-25,27-32,34-35,53H,33H2,(H,51,56). The van der Waals surface area contributed by atoms with E-state index in [1.165, 1.54) is 0 Å². The van der Waals surface area contributed by atoms with Crippen LogP contribution in [0.15, 0.2) is 208 Å². The molecule has 8 aromatic rings. The Morgan fingerprint density at radius 1 is 0.667 bits per heavy atom. The summed E-state index contributed by atoms with van der Waals surface area (Å²) in [6.45, 7) is 0.114. The highest BCUT2D eigenvalue weighted by Gasteiger charge is 2.41. The molecule has 0 radical (unpaired) electrons. The molecule has 0 aliphatic heterocycles. The van der Waals surface area contributed by atoms with Crippen LogP contribution in [0.1, 0.15) is 32.9 Å². The SMILES string of the molecule is O=C(NCC#Cc1cn(C(c2ccccc2)(c2ccccc2)c2ccccc2)c(N=P(c2ccccc2)(c2ccccc2)c2ccccc2)n1)c1cc(Br)c(Br)[nH]1. The second kappa shape index (κ2) is 17.0. The molecule has 2 heterocycles. The summed E-state index contributed by atoms with van der Waals surface area (Å²) in [7, 11) is -2.79. The van der Waals surface area contributed by atoms with Crippen LogP contribution in [0.5, 0.6) is 0 Å². The Labute approximate surface area is 349 Å². The average Bonchev–Trinajstić information content (AvgIpc) is 3.84. The Balaban J connectivity index is 1.43. The zero-order valence-corrected chi connectivity index (χ0v) is 34.7. The van der Waals surface area contributed by atoms with Gasteiger partial charge in [-0.15, -0.1) is 0 Å². The number of hydrogen-bond donors (Lipinski definition) is 2. The van der Waals surface area contributed by atoms with Gasteiger partial charge in [-0.25, -0.2) is 9.73 Å². The van der Waals surface area contributed by atoms with Gasteiger partial charge in [0.2, 0.25) is 5.95 Å². The van der Waals surface area contributed by atoms with Gasteiger partial charge in [-0.1, -0.05) is 188 Å². The Kier molecular flexibility index (Phi) is 11.3. The highest BCUT2D eigenvalue weighted by Crippen LogP contribution is 2.51. The van der Waals surface area contributed by atoms with Crippen LogP contribution >= 0.6 is 38.9 Å². The third-order valence-corrected chi connectivity index (χ3v) is 15.2. The smallest absolute Gasteiger partial charge is 0.268 e. The van der Waals surface area contributed by atoms with Crippen molar-refractivity contribution in [3.63, 3.8) is 0 Å². The van der Waals surface area contributed by atoms with Crippen LogP contribution in [0.2, 0.25) is 0 Å². The van der Waals surface area contributed by atoms with E-state index in [9.17, 15) is 4.79 Å². The fourth-order valence-corrected chi connectivity index (χ4v) is 11.4. The zero-order valence-electron chi connectivity index (χ0n) is 30.6. The summed E-state index contributed by atoms with van der Waals surface area (Å²) >= 11 is 6.84. The molecule has 0 saturated heterocycles. The van der Waals surface area contributed by atoms with E-state index in [0.717, 1.165) is 37.1 Å². The molecular weight excluding hydrogens is 853 g/mol. The minimum atomic E-state index is -2.79. The van der Waals surface area contributed by atoms with Gasteiger partial charge >= 0.3 is 0 Å². The van der Waals surface area contributed by atoms with Crippen LogP contribution in [0, 0.1) is 11.8 Å². The maximum absolute atomic E-state index is 13.0. The first-order valence-corrected chi connectivity index (χ1v) is 21.7. The van der Waals surface area contributed by atoms with Crippen molar-refractivity contribution in [3.8, 4) is 11.8 Å². The molecule has 0 saturated carbocycles. The Morgan fingerprint density at radius 2 is 1.09 bits per heavy atom. The van der Waals surface area contributed by atoms with Gasteiger partial charge in [0.1, 0.15) is 16.9 Å². The molecule has 0 unspecified atom stereocenters. The topological polar surface area (TPSA) is 75.1 Å². The van der Waals surface area contributed by atoms with E-state index < -0.39 is 12.6 Å². The van der Waals surface area contributed by atoms with E-state index >= 15 is 0 Å². The van der Waals surface area contributed by atoms with Gasteiger partial charge in [0, 0.05) is 22.1 Å². The number of rotatable bonds is 10. The fourth-order valence-electron chi connectivity index (χ4n) is 7.27. The molecule has 0 atom stereocenters. The summed E-state index contributed by atoms with van der Waals surface area (Å²) in [6.07, 6.45) is 2.01. The first kappa shape index (κ1) is 37.9. The predicted molar refractivity (Wildman–Crippen MR) is 239 cm³/mol. The van der Waals surface area contributed by atoms with E-state index in [4.69, 9.17) is 9.73 Å². The number of carbonyl (C=O) groups is 1. The maximum Gasteiger partial charge on any atom is 0.268 e. The minimum absolute atomic E-state index is 0.114. The van der Waals surface area contributed by atoms with Crippen molar-refractivity contribution >= 4 is 66.7 Å². The molecule has 57 heavy (non-hydrogen) atoms.